The minimum atomic E-state index is 0.581. The Kier molecular flexibility index (Phi) is 3.29. The van der Waals surface area contributed by atoms with Crippen LogP contribution in [0.5, 0.6) is 0 Å². The number of hydrogen-bond donors (Lipinski definition) is 0. The summed E-state index contributed by atoms with van der Waals surface area (Å²) in [6, 6.07) is 5.30. The first-order valence-electron chi connectivity index (χ1n) is 5.43. The zero-order chi connectivity index (χ0) is 12.4. The van der Waals surface area contributed by atoms with Crippen LogP contribution < -0.4 is 0 Å². The predicted molar refractivity (Wildman–Crippen MR) is 68.4 cm³/mol. The van der Waals surface area contributed by atoms with Gasteiger partial charge in [-0.1, -0.05) is 30.7 Å². The third-order valence-electron chi connectivity index (χ3n) is 2.66. The third-order valence-corrected chi connectivity index (χ3v) is 2.97. The highest BCUT2D eigenvalue weighted by molar-refractivity contribution is 6.33. The fraction of sp³-hybridized carbons (Fsp3) is 0.231. The summed E-state index contributed by atoms with van der Waals surface area (Å²) in [7, 11) is 1.89. The number of benzene rings is 1. The topological polar surface area (TPSA) is 34.9 Å². The molecule has 0 aliphatic rings. The van der Waals surface area contributed by atoms with Gasteiger partial charge in [-0.15, -0.1) is 0 Å². The fourth-order valence-corrected chi connectivity index (χ4v) is 2.13. The zero-order valence-corrected chi connectivity index (χ0v) is 10.5. The molecular formula is C13H13ClN2O. The quantitative estimate of drug-likeness (QED) is 0.783. The Morgan fingerprint density at radius 1 is 1.41 bits per heavy atom. The maximum absolute atomic E-state index is 10.7. The summed E-state index contributed by atoms with van der Waals surface area (Å²) in [5, 5.41) is 4.96. The van der Waals surface area contributed by atoms with Crippen LogP contribution in [-0.2, 0) is 13.5 Å². The summed E-state index contributed by atoms with van der Waals surface area (Å²) in [5.41, 5.74) is 3.54. The number of halogens is 1. The second kappa shape index (κ2) is 4.72. The summed E-state index contributed by atoms with van der Waals surface area (Å²) < 4.78 is 1.78. The van der Waals surface area contributed by atoms with Crippen molar-refractivity contribution in [2.75, 3.05) is 0 Å². The van der Waals surface area contributed by atoms with Gasteiger partial charge in [0, 0.05) is 35.0 Å². The molecule has 0 fully saturated rings. The minimum absolute atomic E-state index is 0.581. The maximum atomic E-state index is 10.7. The number of carbonyl (C=O) groups is 1. The van der Waals surface area contributed by atoms with Gasteiger partial charge in [0.25, 0.3) is 0 Å². The second-order valence-corrected chi connectivity index (χ2v) is 4.28. The molecule has 0 saturated carbocycles. The van der Waals surface area contributed by atoms with Gasteiger partial charge in [0.15, 0.2) is 0 Å². The first-order chi connectivity index (χ1) is 8.15. The van der Waals surface area contributed by atoms with Gasteiger partial charge in [0.05, 0.1) is 5.69 Å². The van der Waals surface area contributed by atoms with E-state index in [9.17, 15) is 4.79 Å². The van der Waals surface area contributed by atoms with E-state index in [1.165, 1.54) is 0 Å². The van der Waals surface area contributed by atoms with Crippen LogP contribution in [0.25, 0.3) is 11.1 Å². The van der Waals surface area contributed by atoms with Gasteiger partial charge in [-0.2, -0.15) is 5.10 Å². The van der Waals surface area contributed by atoms with E-state index < -0.39 is 0 Å². The molecule has 0 bridgehead atoms. The lowest BCUT2D eigenvalue weighted by Crippen LogP contribution is -1.89. The van der Waals surface area contributed by atoms with Gasteiger partial charge in [0.2, 0.25) is 0 Å². The minimum Gasteiger partial charge on any atom is -0.298 e. The van der Waals surface area contributed by atoms with Crippen molar-refractivity contribution in [1.29, 1.82) is 0 Å². The van der Waals surface area contributed by atoms with E-state index >= 15 is 0 Å². The van der Waals surface area contributed by atoms with Crippen LogP contribution in [-0.4, -0.2) is 16.1 Å². The fourth-order valence-electron chi connectivity index (χ4n) is 1.84. The molecule has 0 aliphatic heterocycles. The summed E-state index contributed by atoms with van der Waals surface area (Å²) in [4.78, 5) is 10.7. The Hall–Kier alpha value is -1.61. The average molecular weight is 249 g/mol. The molecular weight excluding hydrogens is 236 g/mol. The van der Waals surface area contributed by atoms with Crippen molar-refractivity contribution in [3.63, 3.8) is 0 Å². The van der Waals surface area contributed by atoms with E-state index in [1.54, 1.807) is 16.8 Å². The lowest BCUT2D eigenvalue weighted by Gasteiger charge is -2.04. The van der Waals surface area contributed by atoms with Crippen LogP contribution in [0.2, 0.25) is 5.02 Å². The van der Waals surface area contributed by atoms with Gasteiger partial charge in [0.1, 0.15) is 6.29 Å². The number of hydrogen-bond acceptors (Lipinski definition) is 2. The van der Waals surface area contributed by atoms with Crippen molar-refractivity contribution in [3.8, 4) is 11.1 Å². The Balaban J connectivity index is 2.55. The van der Waals surface area contributed by atoms with Crippen molar-refractivity contribution >= 4 is 17.9 Å². The third kappa shape index (κ3) is 2.24. The average Bonchev–Trinajstić information content (AvgIpc) is 2.70. The Morgan fingerprint density at radius 2 is 2.18 bits per heavy atom. The summed E-state index contributed by atoms with van der Waals surface area (Å²) in [6.45, 7) is 2.06. The predicted octanol–water partition coefficient (Wildman–Crippen LogP) is 3.12. The molecule has 0 saturated heterocycles. The van der Waals surface area contributed by atoms with E-state index in [0.29, 0.717) is 10.6 Å². The van der Waals surface area contributed by atoms with Crippen LogP contribution in [0.4, 0.5) is 0 Å². The van der Waals surface area contributed by atoms with E-state index in [1.807, 2.05) is 19.3 Å². The van der Waals surface area contributed by atoms with Gasteiger partial charge >= 0.3 is 0 Å². The zero-order valence-electron chi connectivity index (χ0n) is 9.77. The molecule has 4 heteroatoms. The molecule has 2 aromatic rings. The number of aromatic nitrogens is 2. The molecule has 0 radical (unpaired) electrons. The molecule has 0 atom stereocenters. The van der Waals surface area contributed by atoms with Crippen molar-refractivity contribution in [3.05, 3.63) is 40.7 Å². The van der Waals surface area contributed by atoms with Gasteiger partial charge in [-0.05, 0) is 12.5 Å². The van der Waals surface area contributed by atoms with Crippen LogP contribution in [0, 0.1) is 0 Å². The standard InChI is InChI=1S/C13H13ClN2O/c1-3-13-11(7-16(2)15-13)10-5-4-9(8-17)6-12(10)14/h4-8H,3H2,1-2H3. The highest BCUT2D eigenvalue weighted by atomic mass is 35.5. The highest BCUT2D eigenvalue weighted by Crippen LogP contribution is 2.30. The Bertz CT molecular complexity index is 561. The summed E-state index contributed by atoms with van der Waals surface area (Å²) in [5.74, 6) is 0. The highest BCUT2D eigenvalue weighted by Gasteiger charge is 2.11. The Morgan fingerprint density at radius 3 is 2.76 bits per heavy atom. The maximum Gasteiger partial charge on any atom is 0.150 e. The van der Waals surface area contributed by atoms with E-state index in [-0.39, 0.29) is 0 Å². The monoisotopic (exact) mass is 248 g/mol. The van der Waals surface area contributed by atoms with Crippen LogP contribution in [0.1, 0.15) is 23.0 Å². The molecule has 2 rings (SSSR count). The molecule has 1 heterocycles. The molecule has 88 valence electrons. The lowest BCUT2D eigenvalue weighted by molar-refractivity contribution is 0.112. The first kappa shape index (κ1) is 11.9. The number of rotatable bonds is 3. The van der Waals surface area contributed by atoms with E-state index in [0.717, 1.165) is 29.5 Å². The van der Waals surface area contributed by atoms with Gasteiger partial charge in [-0.25, -0.2) is 0 Å². The van der Waals surface area contributed by atoms with E-state index in [2.05, 4.69) is 12.0 Å². The van der Waals surface area contributed by atoms with E-state index in [4.69, 9.17) is 11.6 Å². The molecule has 0 spiro atoms. The number of aryl methyl sites for hydroxylation is 2. The largest absolute Gasteiger partial charge is 0.298 e. The molecule has 17 heavy (non-hydrogen) atoms. The number of nitrogens with zero attached hydrogens (tertiary/aromatic N) is 2. The van der Waals surface area contributed by atoms with Crippen LogP contribution in [0.3, 0.4) is 0 Å². The first-order valence-corrected chi connectivity index (χ1v) is 5.81. The number of aldehydes is 1. The molecule has 0 N–H and O–H groups in total. The second-order valence-electron chi connectivity index (χ2n) is 3.87. The van der Waals surface area contributed by atoms with Crippen molar-refractivity contribution < 1.29 is 4.79 Å². The summed E-state index contributed by atoms with van der Waals surface area (Å²) in [6.07, 6.45) is 3.59. The van der Waals surface area contributed by atoms with Crippen molar-refractivity contribution in [2.45, 2.75) is 13.3 Å². The molecule has 3 nitrogen and oxygen atoms in total. The van der Waals surface area contributed by atoms with Crippen molar-refractivity contribution in [2.24, 2.45) is 7.05 Å². The molecule has 1 aromatic heterocycles. The van der Waals surface area contributed by atoms with Crippen LogP contribution >= 0.6 is 11.6 Å². The smallest absolute Gasteiger partial charge is 0.150 e. The van der Waals surface area contributed by atoms with Gasteiger partial charge < -0.3 is 0 Å². The van der Waals surface area contributed by atoms with Gasteiger partial charge in [-0.3, -0.25) is 9.48 Å². The molecule has 1 aromatic carbocycles. The molecule has 0 aliphatic carbocycles. The normalized spacial score (nSPS) is 10.5. The lowest BCUT2D eigenvalue weighted by atomic mass is 10.0. The SMILES string of the molecule is CCc1nn(C)cc1-c1ccc(C=O)cc1Cl. The molecule has 0 amide bonds. The number of carbonyl (C=O) groups excluding carboxylic acids is 1. The van der Waals surface area contributed by atoms with Crippen LogP contribution in [0.15, 0.2) is 24.4 Å². The summed E-state index contributed by atoms with van der Waals surface area (Å²) >= 11 is 6.18. The Labute approximate surface area is 105 Å². The molecule has 0 unspecified atom stereocenters. The van der Waals surface area contributed by atoms with Crippen molar-refractivity contribution in [1.82, 2.24) is 9.78 Å².